The van der Waals surface area contributed by atoms with Crippen molar-refractivity contribution in [3.05, 3.63) is 45.7 Å². The minimum absolute atomic E-state index is 0.158. The largest absolute Gasteiger partial charge is 0.494 e. The van der Waals surface area contributed by atoms with Crippen molar-refractivity contribution in [2.24, 2.45) is 0 Å². The fraction of sp³-hybridized carbons (Fsp3) is 0.278. The Bertz CT molecular complexity index is 1000. The molecule has 0 saturated carbocycles. The van der Waals surface area contributed by atoms with Crippen molar-refractivity contribution >= 4 is 33.1 Å². The Morgan fingerprint density at radius 2 is 2.08 bits per heavy atom. The van der Waals surface area contributed by atoms with Crippen molar-refractivity contribution in [1.29, 1.82) is 0 Å². The molecule has 1 amide bonds. The van der Waals surface area contributed by atoms with Crippen LogP contribution in [0.2, 0.25) is 0 Å². The number of rotatable bonds is 4. The summed E-state index contributed by atoms with van der Waals surface area (Å²) >= 11 is 1.20. The molecule has 3 aromatic rings. The zero-order valence-electron chi connectivity index (χ0n) is 14.9. The number of ether oxygens (including phenoxy) is 1. The van der Waals surface area contributed by atoms with Crippen LogP contribution in [0.3, 0.4) is 0 Å². The average Bonchev–Trinajstić information content (AvgIpc) is 2.95. The van der Waals surface area contributed by atoms with Gasteiger partial charge in [0.1, 0.15) is 9.71 Å². The Morgan fingerprint density at radius 1 is 1.35 bits per heavy atom. The number of anilines is 1. The molecule has 3 N–H and O–H groups in total. The molecule has 6 nitrogen and oxygen atoms in total. The number of hydrogen-bond donors (Lipinski definition) is 2. The number of thiophene rings is 1. The number of hydrogen-bond acceptors (Lipinski definition) is 6. The van der Waals surface area contributed by atoms with Gasteiger partial charge in [-0.25, -0.2) is 4.39 Å². The molecule has 136 valence electrons. The summed E-state index contributed by atoms with van der Waals surface area (Å²) in [7, 11) is 1.40. The Morgan fingerprint density at radius 3 is 2.73 bits per heavy atom. The van der Waals surface area contributed by atoms with Crippen LogP contribution in [-0.4, -0.2) is 23.2 Å². The van der Waals surface area contributed by atoms with E-state index in [0.29, 0.717) is 21.0 Å². The first-order valence-electron chi connectivity index (χ1n) is 7.99. The van der Waals surface area contributed by atoms with Crippen molar-refractivity contribution in [3.8, 4) is 5.75 Å². The topological polar surface area (TPSA) is 90.1 Å². The zero-order chi connectivity index (χ0) is 19.0. The molecule has 0 aliphatic rings. The maximum absolute atomic E-state index is 13.9. The Hall–Kier alpha value is -2.74. The first kappa shape index (κ1) is 18.1. The van der Waals surface area contributed by atoms with Gasteiger partial charge in [-0.1, -0.05) is 6.07 Å². The van der Waals surface area contributed by atoms with E-state index in [1.54, 1.807) is 13.0 Å². The second-order valence-corrected chi connectivity index (χ2v) is 7.02. The number of methoxy groups -OCH3 is 1. The number of nitrogens with zero attached hydrogens (tertiary/aromatic N) is 2. The van der Waals surface area contributed by atoms with E-state index in [1.165, 1.54) is 30.6 Å². The highest BCUT2D eigenvalue weighted by Gasteiger charge is 2.21. The van der Waals surface area contributed by atoms with Gasteiger partial charge in [0.25, 0.3) is 5.91 Å². The summed E-state index contributed by atoms with van der Waals surface area (Å²) in [6.45, 7) is 5.52. The van der Waals surface area contributed by atoms with Crippen LogP contribution in [0.25, 0.3) is 10.2 Å². The van der Waals surface area contributed by atoms with Crippen LogP contribution >= 0.6 is 11.3 Å². The van der Waals surface area contributed by atoms with Crippen molar-refractivity contribution in [3.63, 3.8) is 0 Å². The highest BCUT2D eigenvalue weighted by atomic mass is 32.1. The summed E-state index contributed by atoms with van der Waals surface area (Å²) < 4.78 is 18.8. The van der Waals surface area contributed by atoms with Crippen LogP contribution in [-0.2, 0) is 0 Å². The summed E-state index contributed by atoms with van der Waals surface area (Å²) in [5.41, 5.74) is 8.90. The van der Waals surface area contributed by atoms with Crippen LogP contribution in [0.15, 0.2) is 18.2 Å². The predicted molar refractivity (Wildman–Crippen MR) is 100 cm³/mol. The number of nitrogen functional groups attached to an aromatic ring is 1. The standard InChI is InChI=1S/C18H19FN4O2S/c1-8-9(2)22-23-18-14(8)15(20)16(26-18)17(24)21-10(3)11-5-6-13(25-4)12(19)7-11/h5-7,10H,20H2,1-4H3,(H,21,24)/t10-/m0/s1. The van der Waals surface area contributed by atoms with Crippen molar-refractivity contribution in [2.75, 3.05) is 12.8 Å². The van der Waals surface area contributed by atoms with Gasteiger partial charge in [-0.3, -0.25) is 4.79 Å². The molecule has 8 heteroatoms. The number of nitrogens with two attached hydrogens (primary N) is 1. The molecule has 0 bridgehead atoms. The third-order valence-corrected chi connectivity index (χ3v) is 5.45. The molecule has 0 unspecified atom stereocenters. The molecule has 0 aliphatic carbocycles. The Balaban J connectivity index is 1.88. The van der Waals surface area contributed by atoms with E-state index in [-0.39, 0.29) is 11.7 Å². The van der Waals surface area contributed by atoms with Crippen LogP contribution in [0.1, 0.15) is 39.5 Å². The molecule has 1 aromatic carbocycles. The van der Waals surface area contributed by atoms with E-state index in [2.05, 4.69) is 15.5 Å². The minimum Gasteiger partial charge on any atom is -0.494 e. The number of aryl methyl sites for hydroxylation is 2. The first-order chi connectivity index (χ1) is 12.3. The molecule has 0 spiro atoms. The van der Waals surface area contributed by atoms with E-state index in [9.17, 15) is 9.18 Å². The Kier molecular flexibility index (Phi) is 4.78. The number of amides is 1. The first-order valence-corrected chi connectivity index (χ1v) is 8.81. The SMILES string of the molecule is COc1ccc([C@H](C)NC(=O)c2sc3nnc(C)c(C)c3c2N)cc1F. The molecular weight excluding hydrogens is 355 g/mol. The molecule has 0 fully saturated rings. The molecule has 0 aliphatic heterocycles. The normalized spacial score (nSPS) is 12.2. The van der Waals surface area contributed by atoms with Gasteiger partial charge in [-0.2, -0.15) is 5.10 Å². The summed E-state index contributed by atoms with van der Waals surface area (Å²) in [4.78, 5) is 13.7. The summed E-state index contributed by atoms with van der Waals surface area (Å²) in [5.74, 6) is -0.648. The lowest BCUT2D eigenvalue weighted by Gasteiger charge is -2.15. The van der Waals surface area contributed by atoms with Crippen LogP contribution in [0.4, 0.5) is 10.1 Å². The number of benzene rings is 1. The number of aromatic nitrogens is 2. The molecule has 0 saturated heterocycles. The lowest BCUT2D eigenvalue weighted by atomic mass is 10.1. The van der Waals surface area contributed by atoms with Gasteiger partial charge in [0.15, 0.2) is 11.6 Å². The highest BCUT2D eigenvalue weighted by molar-refractivity contribution is 7.21. The maximum atomic E-state index is 13.9. The van der Waals surface area contributed by atoms with Crippen LogP contribution in [0.5, 0.6) is 5.75 Å². The molecule has 2 heterocycles. The quantitative estimate of drug-likeness (QED) is 0.729. The summed E-state index contributed by atoms with van der Waals surface area (Å²) in [6, 6.07) is 4.18. The van der Waals surface area contributed by atoms with Crippen molar-refractivity contribution in [2.45, 2.75) is 26.8 Å². The second kappa shape index (κ2) is 6.87. The molecule has 26 heavy (non-hydrogen) atoms. The molecular formula is C18H19FN4O2S. The van der Waals surface area contributed by atoms with Gasteiger partial charge in [-0.15, -0.1) is 16.4 Å². The number of halogens is 1. The van der Waals surface area contributed by atoms with Crippen molar-refractivity contribution < 1.29 is 13.9 Å². The number of nitrogens with one attached hydrogen (secondary N) is 1. The van der Waals surface area contributed by atoms with E-state index < -0.39 is 11.9 Å². The van der Waals surface area contributed by atoms with E-state index >= 15 is 0 Å². The van der Waals surface area contributed by atoms with E-state index in [1.807, 2.05) is 13.8 Å². The molecule has 2 aromatic heterocycles. The lowest BCUT2D eigenvalue weighted by Crippen LogP contribution is -2.26. The van der Waals surface area contributed by atoms with Crippen LogP contribution in [0, 0.1) is 19.7 Å². The smallest absolute Gasteiger partial charge is 0.264 e. The number of carbonyl (C=O) groups excluding carboxylic acids is 1. The highest BCUT2D eigenvalue weighted by Crippen LogP contribution is 2.35. The van der Waals surface area contributed by atoms with Crippen molar-refractivity contribution in [1.82, 2.24) is 15.5 Å². The van der Waals surface area contributed by atoms with Gasteiger partial charge in [0.2, 0.25) is 0 Å². The Labute approximate surface area is 154 Å². The summed E-state index contributed by atoms with van der Waals surface area (Å²) in [6.07, 6.45) is 0. The molecule has 1 atom stereocenters. The minimum atomic E-state index is -0.478. The lowest BCUT2D eigenvalue weighted by molar-refractivity contribution is 0.0945. The zero-order valence-corrected chi connectivity index (χ0v) is 15.7. The van der Waals surface area contributed by atoms with Gasteiger partial charge in [0.05, 0.1) is 24.5 Å². The molecule has 0 radical (unpaired) electrons. The van der Waals surface area contributed by atoms with Gasteiger partial charge >= 0.3 is 0 Å². The summed E-state index contributed by atoms with van der Waals surface area (Å²) in [5, 5.41) is 11.8. The van der Waals surface area contributed by atoms with E-state index in [4.69, 9.17) is 10.5 Å². The number of fused-ring (bicyclic) bond motifs is 1. The van der Waals surface area contributed by atoms with Gasteiger partial charge in [0, 0.05) is 5.39 Å². The fourth-order valence-corrected chi connectivity index (χ4v) is 3.71. The maximum Gasteiger partial charge on any atom is 0.264 e. The second-order valence-electron chi connectivity index (χ2n) is 6.02. The monoisotopic (exact) mass is 374 g/mol. The van der Waals surface area contributed by atoms with Gasteiger partial charge < -0.3 is 15.8 Å². The third kappa shape index (κ3) is 3.08. The number of carbonyl (C=O) groups is 1. The third-order valence-electron chi connectivity index (χ3n) is 4.36. The fourth-order valence-electron chi connectivity index (χ4n) is 2.71. The van der Waals surface area contributed by atoms with E-state index in [0.717, 1.165) is 16.6 Å². The van der Waals surface area contributed by atoms with Gasteiger partial charge in [-0.05, 0) is 44.0 Å². The predicted octanol–water partition coefficient (Wildman–Crippen LogP) is 3.53. The molecule has 3 rings (SSSR count). The van der Waals surface area contributed by atoms with Crippen LogP contribution < -0.4 is 15.8 Å². The average molecular weight is 374 g/mol.